The van der Waals surface area contributed by atoms with Gasteiger partial charge in [0.25, 0.3) is 0 Å². The van der Waals surface area contributed by atoms with Crippen LogP contribution in [-0.2, 0) is 5.41 Å². The third kappa shape index (κ3) is 5.81. The summed E-state index contributed by atoms with van der Waals surface area (Å²) in [5, 5.41) is 4.56. The van der Waals surface area contributed by atoms with Crippen molar-refractivity contribution in [1.29, 1.82) is 0 Å². The molecule has 1 heterocycles. The topological polar surface area (TPSA) is 12.5 Å². The Bertz CT molecular complexity index is 3540. The zero-order valence-corrected chi connectivity index (χ0v) is 35.5. The van der Waals surface area contributed by atoms with Crippen molar-refractivity contribution in [2.75, 3.05) is 4.90 Å². The van der Waals surface area contributed by atoms with Crippen LogP contribution in [0.15, 0.2) is 249 Å². The van der Waals surface area contributed by atoms with Gasteiger partial charge in [0.1, 0.15) is 11.5 Å². The summed E-state index contributed by atoms with van der Waals surface area (Å²) in [6.07, 6.45) is 0. The molecule has 13 rings (SSSR count). The van der Waals surface area contributed by atoms with Crippen molar-refractivity contribution in [3.63, 3.8) is 0 Å². The number of ether oxygens (including phenoxy) is 1. The lowest BCUT2D eigenvalue weighted by molar-refractivity contribution is 0.447. The number of rotatable bonds is 6. The van der Waals surface area contributed by atoms with E-state index in [1.54, 1.807) is 0 Å². The Balaban J connectivity index is 1.01. The van der Waals surface area contributed by atoms with Gasteiger partial charge in [-0.15, -0.1) is 0 Å². The number of anilines is 3. The second kappa shape index (κ2) is 14.8. The molecule has 0 unspecified atom stereocenters. The number of fused-ring (bicyclic) bond motifs is 13. The van der Waals surface area contributed by atoms with Crippen LogP contribution in [0.1, 0.15) is 22.3 Å². The Labute approximate surface area is 378 Å². The molecule has 0 saturated carbocycles. The van der Waals surface area contributed by atoms with E-state index >= 15 is 0 Å². The quantitative estimate of drug-likeness (QED) is 0.166. The summed E-state index contributed by atoms with van der Waals surface area (Å²) in [6.45, 7) is 0. The Morgan fingerprint density at radius 2 is 0.738 bits per heavy atom. The average Bonchev–Trinajstić information content (AvgIpc) is 3.67. The van der Waals surface area contributed by atoms with Gasteiger partial charge >= 0.3 is 0 Å². The molecule has 0 aromatic heterocycles. The van der Waals surface area contributed by atoms with E-state index < -0.39 is 5.41 Å². The van der Waals surface area contributed by atoms with Gasteiger partial charge in [-0.1, -0.05) is 206 Å². The van der Waals surface area contributed by atoms with Crippen molar-refractivity contribution in [3.8, 4) is 56.0 Å². The fourth-order valence-electron chi connectivity index (χ4n) is 10.7. The fourth-order valence-corrected chi connectivity index (χ4v) is 10.7. The Morgan fingerprint density at radius 3 is 1.37 bits per heavy atom. The summed E-state index contributed by atoms with van der Waals surface area (Å²) in [5.41, 5.74) is 17.1. The van der Waals surface area contributed by atoms with Crippen LogP contribution < -0.4 is 9.64 Å². The minimum Gasteiger partial charge on any atom is -0.455 e. The summed E-state index contributed by atoms with van der Waals surface area (Å²) >= 11 is 0. The van der Waals surface area contributed by atoms with Crippen LogP contribution in [0.2, 0.25) is 0 Å². The minimum atomic E-state index is -0.624. The molecular formula is C63H41NO. The molecule has 2 nitrogen and oxygen atoms in total. The molecule has 11 aromatic carbocycles. The molecule has 11 aromatic rings. The highest BCUT2D eigenvalue weighted by Crippen LogP contribution is 2.64. The van der Waals surface area contributed by atoms with Crippen LogP contribution in [-0.4, -0.2) is 0 Å². The van der Waals surface area contributed by atoms with Gasteiger partial charge in [0, 0.05) is 39.0 Å². The van der Waals surface area contributed by atoms with Gasteiger partial charge in [0.05, 0.1) is 5.41 Å². The number of hydrogen-bond acceptors (Lipinski definition) is 2. The molecule has 65 heavy (non-hydrogen) atoms. The Hall–Kier alpha value is -8.46. The van der Waals surface area contributed by atoms with E-state index in [1.165, 1.54) is 55.6 Å². The highest BCUT2D eigenvalue weighted by Gasteiger charge is 2.52. The molecule has 304 valence electrons. The third-order valence-corrected chi connectivity index (χ3v) is 13.7. The van der Waals surface area contributed by atoms with Gasteiger partial charge in [-0.25, -0.2) is 0 Å². The van der Waals surface area contributed by atoms with Gasteiger partial charge in [0.2, 0.25) is 0 Å². The molecular weight excluding hydrogens is 787 g/mol. The zero-order valence-electron chi connectivity index (χ0n) is 35.5. The Morgan fingerprint density at radius 1 is 0.277 bits per heavy atom. The van der Waals surface area contributed by atoms with Crippen LogP contribution in [0, 0.1) is 0 Å². The molecule has 0 saturated heterocycles. The molecule has 0 amide bonds. The van der Waals surface area contributed by atoms with Crippen molar-refractivity contribution in [2.45, 2.75) is 5.41 Å². The molecule has 0 atom stereocenters. The van der Waals surface area contributed by atoms with Crippen LogP contribution >= 0.6 is 0 Å². The summed E-state index contributed by atoms with van der Waals surface area (Å²) in [5.74, 6) is 1.85. The van der Waals surface area contributed by atoms with E-state index in [0.29, 0.717) is 0 Å². The maximum atomic E-state index is 7.23. The molecule has 1 spiro atoms. The predicted molar refractivity (Wildman–Crippen MR) is 270 cm³/mol. The Kier molecular flexibility index (Phi) is 8.47. The van der Waals surface area contributed by atoms with E-state index in [0.717, 1.165) is 61.2 Å². The first-order valence-corrected chi connectivity index (χ1v) is 22.4. The summed E-state index contributed by atoms with van der Waals surface area (Å²) in [6, 6.07) is 90.7. The van der Waals surface area contributed by atoms with Gasteiger partial charge in [-0.3, -0.25) is 0 Å². The van der Waals surface area contributed by atoms with Crippen molar-refractivity contribution in [1.82, 2.24) is 0 Å². The summed E-state index contributed by atoms with van der Waals surface area (Å²) < 4.78 is 7.23. The van der Waals surface area contributed by atoms with Crippen molar-refractivity contribution in [2.24, 2.45) is 0 Å². The minimum absolute atomic E-state index is 0.624. The van der Waals surface area contributed by atoms with E-state index in [2.05, 4.69) is 254 Å². The third-order valence-electron chi connectivity index (χ3n) is 13.7. The maximum Gasteiger partial charge on any atom is 0.140 e. The number of nitrogens with zero attached hydrogens (tertiary/aromatic N) is 1. The molecule has 0 N–H and O–H groups in total. The lowest BCUT2D eigenvalue weighted by Crippen LogP contribution is -2.32. The average molecular weight is 828 g/mol. The lowest BCUT2D eigenvalue weighted by Gasteiger charge is -2.40. The first-order chi connectivity index (χ1) is 32.2. The molecule has 2 heteroatoms. The van der Waals surface area contributed by atoms with Crippen molar-refractivity contribution < 1.29 is 4.74 Å². The highest BCUT2D eigenvalue weighted by molar-refractivity contribution is 6.00. The molecule has 0 bridgehead atoms. The smallest absolute Gasteiger partial charge is 0.140 e. The molecule has 1 aliphatic carbocycles. The van der Waals surface area contributed by atoms with Crippen LogP contribution in [0.25, 0.3) is 66.1 Å². The molecule has 0 fully saturated rings. The van der Waals surface area contributed by atoms with E-state index in [9.17, 15) is 0 Å². The van der Waals surface area contributed by atoms with Gasteiger partial charge in [-0.2, -0.15) is 0 Å². The SMILES string of the molecule is c1ccc(-c2ccc(N(c3cccc(-c4ccccc4)c3)c3cccc(-c4ccc5c(c4)C4(c6ccccc6-5)c5ccc6ccccc6c5Oc5c4ccc4ccccc54)c3)cc2)cc1. The summed E-state index contributed by atoms with van der Waals surface area (Å²) in [7, 11) is 0. The lowest BCUT2D eigenvalue weighted by atomic mass is 9.65. The zero-order chi connectivity index (χ0) is 42.9. The van der Waals surface area contributed by atoms with Crippen LogP contribution in [0.4, 0.5) is 17.1 Å². The predicted octanol–water partition coefficient (Wildman–Crippen LogP) is 16.9. The van der Waals surface area contributed by atoms with Gasteiger partial charge < -0.3 is 9.64 Å². The summed E-state index contributed by atoms with van der Waals surface area (Å²) in [4.78, 5) is 2.39. The van der Waals surface area contributed by atoms with Crippen molar-refractivity contribution in [3.05, 3.63) is 271 Å². The number of hydrogen-bond donors (Lipinski definition) is 0. The monoisotopic (exact) mass is 827 g/mol. The molecule has 2 aliphatic rings. The van der Waals surface area contributed by atoms with Crippen LogP contribution in [0.5, 0.6) is 11.5 Å². The van der Waals surface area contributed by atoms with Gasteiger partial charge in [-0.05, 0) is 109 Å². The molecule has 1 aliphatic heterocycles. The maximum absolute atomic E-state index is 7.23. The van der Waals surface area contributed by atoms with E-state index in [4.69, 9.17) is 4.74 Å². The van der Waals surface area contributed by atoms with Crippen LogP contribution in [0.3, 0.4) is 0 Å². The highest BCUT2D eigenvalue weighted by atomic mass is 16.5. The van der Waals surface area contributed by atoms with Crippen molar-refractivity contribution >= 4 is 38.6 Å². The largest absolute Gasteiger partial charge is 0.455 e. The van der Waals surface area contributed by atoms with E-state index in [1.807, 2.05) is 0 Å². The fraction of sp³-hybridized carbons (Fsp3) is 0.0159. The standard InChI is InChI=1S/C63H41NO/c1-3-15-42(16-4-1)44-29-34-50(35-30-44)64(51-23-13-21-47(39-51)43-17-5-2-6-18-43)52-24-14-22-48(40-52)49-31-36-56-55-27-11-12-28-57(55)63(60(56)41-49)58-37-32-45-19-7-9-25-53(45)61(58)65-62-54-26-10-8-20-46(54)33-38-59(62)63/h1-41H. The first-order valence-electron chi connectivity index (χ1n) is 22.4. The second-order valence-electron chi connectivity index (χ2n) is 17.2. The van der Waals surface area contributed by atoms with Gasteiger partial charge in [0.15, 0.2) is 0 Å². The first kappa shape index (κ1) is 37.1. The normalized spacial score (nSPS) is 12.9. The number of benzene rings is 11. The van der Waals surface area contributed by atoms with E-state index in [-0.39, 0.29) is 0 Å². The molecule has 0 radical (unpaired) electrons. The second-order valence-corrected chi connectivity index (χ2v) is 17.2.